The van der Waals surface area contributed by atoms with Gasteiger partial charge in [0.1, 0.15) is 0 Å². The van der Waals surface area contributed by atoms with Crippen LogP contribution in [0.1, 0.15) is 30.1 Å². The van der Waals surface area contributed by atoms with Gasteiger partial charge in [-0.3, -0.25) is 4.79 Å². The number of phenolic OH excluding ortho intramolecular Hbond substituents is 2. The Kier molecular flexibility index (Phi) is 5.28. The van der Waals surface area contributed by atoms with Gasteiger partial charge in [-0.15, -0.1) is 0 Å². The zero-order chi connectivity index (χ0) is 12.8. The minimum atomic E-state index is -0.290. The van der Waals surface area contributed by atoms with Crippen LogP contribution in [0.25, 0.3) is 0 Å². The van der Waals surface area contributed by atoms with Crippen molar-refractivity contribution in [3.8, 4) is 11.5 Å². The first-order chi connectivity index (χ1) is 8.04. The monoisotopic (exact) mass is 301 g/mol. The standard InChI is InChI=1S/C12H16BrNO3/c1-2-3-9(13)7-14-12(17)8-4-5-10(15)11(16)6-8/h4-6,9,15-16H,2-3,7H2,1H3,(H,14,17). The molecule has 4 nitrogen and oxygen atoms in total. The van der Waals surface area contributed by atoms with Crippen molar-refractivity contribution in [2.45, 2.75) is 24.6 Å². The van der Waals surface area contributed by atoms with Crippen molar-refractivity contribution in [2.75, 3.05) is 6.54 Å². The Balaban J connectivity index is 2.55. The molecule has 1 aromatic rings. The first kappa shape index (κ1) is 13.8. The van der Waals surface area contributed by atoms with Gasteiger partial charge >= 0.3 is 0 Å². The Bertz CT molecular complexity index is 395. The van der Waals surface area contributed by atoms with Gasteiger partial charge < -0.3 is 15.5 Å². The molecule has 0 aromatic heterocycles. The lowest BCUT2D eigenvalue weighted by Crippen LogP contribution is -2.29. The van der Waals surface area contributed by atoms with Crippen LogP contribution in [0.3, 0.4) is 0 Å². The SMILES string of the molecule is CCCC(Br)CNC(=O)c1ccc(O)c(O)c1. The van der Waals surface area contributed by atoms with E-state index in [0.717, 1.165) is 12.8 Å². The molecule has 0 aliphatic rings. The van der Waals surface area contributed by atoms with Crippen molar-refractivity contribution in [3.05, 3.63) is 23.8 Å². The molecule has 94 valence electrons. The van der Waals surface area contributed by atoms with E-state index in [1.54, 1.807) is 0 Å². The molecule has 0 radical (unpaired) electrons. The first-order valence-corrected chi connectivity index (χ1v) is 6.40. The molecule has 0 fully saturated rings. The molecule has 1 aromatic carbocycles. The number of amides is 1. The van der Waals surface area contributed by atoms with Crippen molar-refractivity contribution in [1.82, 2.24) is 5.32 Å². The van der Waals surface area contributed by atoms with Gasteiger partial charge in [0.15, 0.2) is 11.5 Å². The van der Waals surface area contributed by atoms with E-state index in [1.165, 1.54) is 18.2 Å². The van der Waals surface area contributed by atoms with E-state index < -0.39 is 0 Å². The molecule has 1 atom stereocenters. The summed E-state index contributed by atoms with van der Waals surface area (Å²) in [5, 5.41) is 21.1. The maximum atomic E-state index is 11.7. The Morgan fingerprint density at radius 3 is 2.71 bits per heavy atom. The summed E-state index contributed by atoms with van der Waals surface area (Å²) in [6.07, 6.45) is 2.03. The number of hydrogen-bond donors (Lipinski definition) is 3. The third kappa shape index (κ3) is 4.26. The fourth-order valence-electron chi connectivity index (χ4n) is 1.39. The topological polar surface area (TPSA) is 69.6 Å². The molecule has 0 spiro atoms. The predicted molar refractivity (Wildman–Crippen MR) is 69.7 cm³/mol. The summed E-state index contributed by atoms with van der Waals surface area (Å²) in [7, 11) is 0. The maximum absolute atomic E-state index is 11.7. The van der Waals surface area contributed by atoms with E-state index in [4.69, 9.17) is 5.11 Å². The number of rotatable bonds is 5. The lowest BCUT2D eigenvalue weighted by atomic mass is 10.2. The minimum absolute atomic E-state index is 0.231. The molecule has 0 saturated heterocycles. The molecule has 0 aliphatic heterocycles. The third-order valence-electron chi connectivity index (χ3n) is 2.32. The highest BCUT2D eigenvalue weighted by Crippen LogP contribution is 2.24. The van der Waals surface area contributed by atoms with Gasteiger partial charge in [0.05, 0.1) is 0 Å². The van der Waals surface area contributed by atoms with E-state index in [9.17, 15) is 9.90 Å². The molecule has 1 unspecified atom stereocenters. The second kappa shape index (κ2) is 6.49. The van der Waals surface area contributed by atoms with Gasteiger partial charge in [0.2, 0.25) is 0 Å². The van der Waals surface area contributed by atoms with Gasteiger partial charge in [0, 0.05) is 16.9 Å². The first-order valence-electron chi connectivity index (χ1n) is 5.48. The summed E-state index contributed by atoms with van der Waals surface area (Å²) in [6.45, 7) is 2.61. The maximum Gasteiger partial charge on any atom is 0.251 e. The van der Waals surface area contributed by atoms with Crippen LogP contribution in [0.4, 0.5) is 0 Å². The molecule has 3 N–H and O–H groups in total. The van der Waals surface area contributed by atoms with Crippen LogP contribution in [0.15, 0.2) is 18.2 Å². The van der Waals surface area contributed by atoms with Crippen molar-refractivity contribution in [1.29, 1.82) is 0 Å². The van der Waals surface area contributed by atoms with Gasteiger partial charge in [0.25, 0.3) is 5.91 Å². The summed E-state index contributed by atoms with van der Waals surface area (Å²) in [5.74, 6) is -0.784. The Morgan fingerprint density at radius 1 is 1.41 bits per heavy atom. The molecular weight excluding hydrogens is 286 g/mol. The fraction of sp³-hybridized carbons (Fsp3) is 0.417. The summed E-state index contributed by atoms with van der Waals surface area (Å²) in [5.41, 5.74) is 0.330. The van der Waals surface area contributed by atoms with E-state index in [-0.39, 0.29) is 22.2 Å². The average molecular weight is 302 g/mol. The normalized spacial score (nSPS) is 12.1. The Morgan fingerprint density at radius 2 is 2.12 bits per heavy atom. The number of hydrogen-bond acceptors (Lipinski definition) is 3. The van der Waals surface area contributed by atoms with Crippen molar-refractivity contribution in [3.63, 3.8) is 0 Å². The molecule has 5 heteroatoms. The molecule has 1 rings (SSSR count). The van der Waals surface area contributed by atoms with Crippen LogP contribution < -0.4 is 5.32 Å². The number of halogens is 1. The number of phenols is 2. The quantitative estimate of drug-likeness (QED) is 0.578. The zero-order valence-electron chi connectivity index (χ0n) is 9.61. The van der Waals surface area contributed by atoms with E-state index in [1.807, 2.05) is 0 Å². The van der Waals surface area contributed by atoms with E-state index >= 15 is 0 Å². The number of carbonyl (C=O) groups excluding carboxylic acids is 1. The largest absolute Gasteiger partial charge is 0.504 e. The average Bonchev–Trinajstić information content (AvgIpc) is 2.30. The number of aromatic hydroxyl groups is 2. The highest BCUT2D eigenvalue weighted by Gasteiger charge is 2.10. The lowest BCUT2D eigenvalue weighted by Gasteiger charge is -2.10. The summed E-state index contributed by atoms with van der Waals surface area (Å²) >= 11 is 3.46. The van der Waals surface area contributed by atoms with Crippen LogP contribution in [0.2, 0.25) is 0 Å². The zero-order valence-corrected chi connectivity index (χ0v) is 11.2. The lowest BCUT2D eigenvalue weighted by molar-refractivity contribution is 0.0953. The molecule has 0 bridgehead atoms. The Hall–Kier alpha value is -1.23. The van der Waals surface area contributed by atoms with Crippen LogP contribution in [-0.4, -0.2) is 27.5 Å². The van der Waals surface area contributed by atoms with Crippen molar-refractivity contribution < 1.29 is 15.0 Å². The van der Waals surface area contributed by atoms with Crippen molar-refractivity contribution in [2.24, 2.45) is 0 Å². The molecule has 0 heterocycles. The van der Waals surface area contributed by atoms with Gasteiger partial charge in [-0.1, -0.05) is 29.3 Å². The highest BCUT2D eigenvalue weighted by atomic mass is 79.9. The second-order valence-corrected chi connectivity index (χ2v) is 5.09. The van der Waals surface area contributed by atoms with Crippen LogP contribution in [-0.2, 0) is 0 Å². The highest BCUT2D eigenvalue weighted by molar-refractivity contribution is 9.09. The van der Waals surface area contributed by atoms with E-state index in [2.05, 4.69) is 28.2 Å². The van der Waals surface area contributed by atoms with Crippen LogP contribution in [0.5, 0.6) is 11.5 Å². The van der Waals surface area contributed by atoms with Crippen LogP contribution >= 0.6 is 15.9 Å². The number of alkyl halides is 1. The van der Waals surface area contributed by atoms with Gasteiger partial charge in [-0.05, 0) is 24.6 Å². The molecule has 17 heavy (non-hydrogen) atoms. The van der Waals surface area contributed by atoms with Crippen molar-refractivity contribution >= 4 is 21.8 Å². The summed E-state index contributed by atoms with van der Waals surface area (Å²) in [6, 6.07) is 4.00. The third-order valence-corrected chi connectivity index (χ3v) is 3.11. The minimum Gasteiger partial charge on any atom is -0.504 e. The van der Waals surface area contributed by atoms with E-state index in [0.29, 0.717) is 12.1 Å². The molecule has 0 aliphatic carbocycles. The van der Waals surface area contributed by atoms with Gasteiger partial charge in [-0.2, -0.15) is 0 Å². The molecule has 0 saturated carbocycles. The molecular formula is C12H16BrNO3. The summed E-state index contributed by atoms with van der Waals surface area (Å²) in [4.78, 5) is 11.9. The Labute approximate surface area is 109 Å². The number of carbonyl (C=O) groups is 1. The number of benzene rings is 1. The fourth-order valence-corrected chi connectivity index (χ4v) is 2.01. The summed E-state index contributed by atoms with van der Waals surface area (Å²) < 4.78 is 0. The second-order valence-electron chi connectivity index (χ2n) is 3.80. The number of nitrogens with one attached hydrogen (secondary N) is 1. The predicted octanol–water partition coefficient (Wildman–Crippen LogP) is 2.39. The van der Waals surface area contributed by atoms with Gasteiger partial charge in [-0.25, -0.2) is 0 Å². The molecule has 1 amide bonds. The van der Waals surface area contributed by atoms with Crippen LogP contribution in [0, 0.1) is 0 Å². The smallest absolute Gasteiger partial charge is 0.251 e.